The second-order valence-corrected chi connectivity index (χ2v) is 7.89. The molecule has 2 heterocycles. The average Bonchev–Trinajstić information content (AvgIpc) is 3.09. The monoisotopic (exact) mass is 402 g/mol. The number of piperazine rings is 1. The minimum atomic E-state index is -1.22. The van der Waals surface area contributed by atoms with Gasteiger partial charge in [0.2, 0.25) is 0 Å². The van der Waals surface area contributed by atoms with E-state index >= 15 is 0 Å². The predicted octanol–water partition coefficient (Wildman–Crippen LogP) is 2.93. The van der Waals surface area contributed by atoms with Crippen molar-refractivity contribution in [1.82, 2.24) is 25.3 Å². The van der Waals surface area contributed by atoms with Gasteiger partial charge in [-0.15, -0.1) is 0 Å². The van der Waals surface area contributed by atoms with Gasteiger partial charge < -0.3 is 19.9 Å². The summed E-state index contributed by atoms with van der Waals surface area (Å²) in [5, 5.41) is 19.0. The van der Waals surface area contributed by atoms with Gasteiger partial charge in [0.15, 0.2) is 6.17 Å². The molecule has 0 saturated carbocycles. The Morgan fingerprint density at radius 1 is 1.41 bits per heavy atom. The second-order valence-electron chi connectivity index (χ2n) is 7.89. The van der Waals surface area contributed by atoms with Gasteiger partial charge in [-0.3, -0.25) is 10.5 Å². The van der Waals surface area contributed by atoms with Crippen molar-refractivity contribution in [2.75, 3.05) is 33.2 Å². The van der Waals surface area contributed by atoms with Crippen LogP contribution in [0.25, 0.3) is 11.8 Å². The minimum Gasteiger partial charge on any atom is -0.492 e. The third-order valence-electron chi connectivity index (χ3n) is 5.30. The van der Waals surface area contributed by atoms with Crippen LogP contribution in [0.4, 0.5) is 4.39 Å². The van der Waals surface area contributed by atoms with Crippen molar-refractivity contribution in [3.63, 3.8) is 0 Å². The van der Waals surface area contributed by atoms with Gasteiger partial charge in [0.1, 0.15) is 17.3 Å². The standard InChI is InChI=1S/C21H31FN6O/c1-6-24-16(12-18(23)28-9-7-27(5)8-10-28)21-15-11-17(29-13(2)3)19(22)14(4)20(15)25-26-21/h6,11-14,19,23-24H,1,7-10H2,2-5H3,(H,25,26)/t14-,19+/m1/s1. The molecule has 2 atom stereocenters. The van der Waals surface area contributed by atoms with E-state index in [1.165, 1.54) is 0 Å². The summed E-state index contributed by atoms with van der Waals surface area (Å²) in [6.07, 6.45) is 3.70. The quantitative estimate of drug-likeness (QED) is 0.504. The van der Waals surface area contributed by atoms with Gasteiger partial charge in [-0.05, 0) is 33.2 Å². The summed E-state index contributed by atoms with van der Waals surface area (Å²) in [5.41, 5.74) is 2.79. The Hall–Kier alpha value is -2.61. The number of amidine groups is 1. The number of allylic oxidation sites excluding steroid dienone is 1. The highest BCUT2D eigenvalue weighted by atomic mass is 19.1. The molecular weight excluding hydrogens is 371 g/mol. The van der Waals surface area contributed by atoms with E-state index in [0.717, 1.165) is 37.4 Å². The van der Waals surface area contributed by atoms with Gasteiger partial charge in [0.25, 0.3) is 0 Å². The van der Waals surface area contributed by atoms with Gasteiger partial charge >= 0.3 is 0 Å². The van der Waals surface area contributed by atoms with Crippen LogP contribution < -0.4 is 5.32 Å². The Kier molecular flexibility index (Phi) is 6.42. The molecule has 8 heteroatoms. The molecule has 0 spiro atoms. The number of aromatic amines is 1. The van der Waals surface area contributed by atoms with Crippen LogP contribution in [0.2, 0.25) is 0 Å². The van der Waals surface area contributed by atoms with Crippen LogP contribution in [0.3, 0.4) is 0 Å². The summed E-state index contributed by atoms with van der Waals surface area (Å²) in [5.74, 6) is 0.330. The van der Waals surface area contributed by atoms with Crippen molar-refractivity contribution in [2.24, 2.45) is 0 Å². The summed E-state index contributed by atoms with van der Waals surface area (Å²) in [6.45, 7) is 12.8. The number of ether oxygens (including phenoxy) is 1. The zero-order chi connectivity index (χ0) is 21.1. The van der Waals surface area contributed by atoms with E-state index in [4.69, 9.17) is 10.1 Å². The Bertz CT molecular complexity index is 819. The summed E-state index contributed by atoms with van der Waals surface area (Å²) in [6, 6.07) is 0. The molecule has 3 rings (SSSR count). The molecule has 1 aliphatic heterocycles. The van der Waals surface area contributed by atoms with Crippen LogP contribution in [-0.4, -0.2) is 71.3 Å². The number of halogens is 1. The van der Waals surface area contributed by atoms with Crippen molar-refractivity contribution in [2.45, 2.75) is 39.0 Å². The molecule has 0 aromatic carbocycles. The highest BCUT2D eigenvalue weighted by molar-refractivity contribution is 5.97. The molecular formula is C21H31FN6O. The molecule has 0 radical (unpaired) electrons. The molecule has 29 heavy (non-hydrogen) atoms. The number of fused-ring (bicyclic) bond motifs is 1. The van der Waals surface area contributed by atoms with E-state index in [0.29, 0.717) is 23.0 Å². The third kappa shape index (κ3) is 4.53. The number of hydrogen-bond donors (Lipinski definition) is 3. The zero-order valence-corrected chi connectivity index (χ0v) is 17.6. The van der Waals surface area contributed by atoms with Gasteiger partial charge in [-0.2, -0.15) is 5.10 Å². The van der Waals surface area contributed by atoms with E-state index in [-0.39, 0.29) is 6.10 Å². The second kappa shape index (κ2) is 8.82. The number of hydrogen-bond acceptors (Lipinski definition) is 5. The molecule has 1 saturated heterocycles. The maximum Gasteiger partial charge on any atom is 0.165 e. The molecule has 2 aliphatic rings. The largest absolute Gasteiger partial charge is 0.492 e. The van der Waals surface area contributed by atoms with Crippen molar-refractivity contribution >= 4 is 17.6 Å². The summed E-state index contributed by atoms with van der Waals surface area (Å²) >= 11 is 0. The lowest BCUT2D eigenvalue weighted by Gasteiger charge is -2.33. The predicted molar refractivity (Wildman–Crippen MR) is 114 cm³/mol. The summed E-state index contributed by atoms with van der Waals surface area (Å²) in [4.78, 5) is 4.28. The molecule has 0 bridgehead atoms. The summed E-state index contributed by atoms with van der Waals surface area (Å²) < 4.78 is 20.5. The van der Waals surface area contributed by atoms with E-state index in [1.807, 2.05) is 25.7 Å². The fourth-order valence-corrected chi connectivity index (χ4v) is 3.61. The highest BCUT2D eigenvalue weighted by Crippen LogP contribution is 2.38. The molecule has 0 unspecified atom stereocenters. The number of nitrogens with one attached hydrogen (secondary N) is 3. The molecule has 158 valence electrons. The average molecular weight is 403 g/mol. The number of H-pyrrole nitrogens is 1. The van der Waals surface area contributed by atoms with Gasteiger partial charge in [0.05, 0.1) is 11.8 Å². The number of likely N-dealkylation sites (N-methyl/N-ethyl adjacent to an activating group) is 1. The van der Waals surface area contributed by atoms with E-state index in [9.17, 15) is 4.39 Å². The minimum absolute atomic E-state index is 0.115. The first-order valence-electron chi connectivity index (χ1n) is 10.0. The maximum absolute atomic E-state index is 14.8. The van der Waals surface area contributed by atoms with Crippen molar-refractivity contribution in [3.05, 3.63) is 41.6 Å². The van der Waals surface area contributed by atoms with Crippen molar-refractivity contribution in [1.29, 1.82) is 5.41 Å². The van der Waals surface area contributed by atoms with Crippen LogP contribution in [0.15, 0.2) is 24.6 Å². The normalized spacial score (nSPS) is 22.9. The van der Waals surface area contributed by atoms with E-state index in [2.05, 4.69) is 34.0 Å². The van der Waals surface area contributed by atoms with Crippen LogP contribution in [0.5, 0.6) is 0 Å². The zero-order valence-electron chi connectivity index (χ0n) is 17.6. The fourth-order valence-electron chi connectivity index (χ4n) is 3.61. The van der Waals surface area contributed by atoms with Gasteiger partial charge in [0, 0.05) is 49.4 Å². The number of alkyl halides is 1. The summed E-state index contributed by atoms with van der Waals surface area (Å²) in [7, 11) is 2.08. The number of nitrogens with zero attached hydrogens (tertiary/aromatic N) is 3. The lowest BCUT2D eigenvalue weighted by molar-refractivity contribution is 0.0997. The van der Waals surface area contributed by atoms with E-state index in [1.54, 1.807) is 18.4 Å². The topological polar surface area (TPSA) is 80.3 Å². The van der Waals surface area contributed by atoms with Crippen LogP contribution in [0, 0.1) is 5.41 Å². The lowest BCUT2D eigenvalue weighted by Crippen LogP contribution is -2.46. The first-order chi connectivity index (χ1) is 13.8. The number of aromatic nitrogens is 2. The molecule has 1 aliphatic carbocycles. The molecule has 1 aromatic heterocycles. The lowest BCUT2D eigenvalue weighted by atomic mass is 9.90. The Morgan fingerprint density at radius 3 is 2.72 bits per heavy atom. The Morgan fingerprint density at radius 2 is 2.10 bits per heavy atom. The van der Waals surface area contributed by atoms with Crippen molar-refractivity contribution < 1.29 is 9.13 Å². The third-order valence-corrected chi connectivity index (χ3v) is 5.30. The fraction of sp³-hybridized carbons (Fsp3) is 0.524. The molecule has 1 aromatic rings. The maximum atomic E-state index is 14.8. The first-order valence-corrected chi connectivity index (χ1v) is 10.0. The smallest absolute Gasteiger partial charge is 0.165 e. The first kappa shape index (κ1) is 21.1. The van der Waals surface area contributed by atoms with Crippen LogP contribution >= 0.6 is 0 Å². The SMILES string of the molecule is C=CNC(=CC(=N)N1CCN(C)CC1)c1n[nH]c2c1C=C(OC(C)C)[C@@H](F)[C@H]2C. The molecule has 0 amide bonds. The van der Waals surface area contributed by atoms with Gasteiger partial charge in [-0.1, -0.05) is 13.5 Å². The Labute approximate surface area is 171 Å². The molecule has 3 N–H and O–H groups in total. The van der Waals surface area contributed by atoms with E-state index < -0.39 is 12.1 Å². The highest BCUT2D eigenvalue weighted by Gasteiger charge is 2.34. The van der Waals surface area contributed by atoms with Gasteiger partial charge in [-0.25, -0.2) is 4.39 Å². The molecule has 1 fully saturated rings. The van der Waals surface area contributed by atoms with Crippen LogP contribution in [-0.2, 0) is 4.74 Å². The van der Waals surface area contributed by atoms with Crippen molar-refractivity contribution in [3.8, 4) is 0 Å². The van der Waals surface area contributed by atoms with Crippen LogP contribution in [0.1, 0.15) is 43.6 Å². The molecule has 7 nitrogen and oxygen atoms in total. The number of rotatable bonds is 6. The Balaban J connectivity index is 1.94.